The molecule has 0 aliphatic rings. The van der Waals surface area contributed by atoms with Crippen molar-refractivity contribution in [1.29, 1.82) is 0 Å². The molecule has 8 heteroatoms. The van der Waals surface area contributed by atoms with E-state index in [9.17, 15) is 8.42 Å². The summed E-state index contributed by atoms with van der Waals surface area (Å²) >= 11 is 18.2. The Labute approximate surface area is 188 Å². The monoisotopic (exact) mass is 478 g/mol. The molecule has 0 fully saturated rings. The van der Waals surface area contributed by atoms with Crippen LogP contribution in [0.3, 0.4) is 0 Å². The first-order valence-electron chi connectivity index (χ1n) is 9.34. The molecule has 2 rings (SSSR count). The number of alkyl halides is 1. The van der Waals surface area contributed by atoms with Crippen LogP contribution in [0.1, 0.15) is 27.2 Å². The van der Waals surface area contributed by atoms with Gasteiger partial charge in [-0.15, -0.1) is 11.6 Å². The lowest BCUT2D eigenvalue weighted by Gasteiger charge is -2.15. The van der Waals surface area contributed by atoms with Crippen LogP contribution in [0.25, 0.3) is 0 Å². The van der Waals surface area contributed by atoms with Crippen molar-refractivity contribution in [3.63, 3.8) is 0 Å². The lowest BCUT2D eigenvalue weighted by Crippen LogP contribution is -2.10. The minimum atomic E-state index is -3.79. The van der Waals surface area contributed by atoms with E-state index in [0.29, 0.717) is 30.8 Å². The van der Waals surface area contributed by atoms with Gasteiger partial charge in [0, 0.05) is 11.8 Å². The number of sulfone groups is 1. The first-order chi connectivity index (χ1) is 13.7. The first-order valence-corrected chi connectivity index (χ1v) is 12.1. The van der Waals surface area contributed by atoms with E-state index in [-0.39, 0.29) is 31.5 Å². The van der Waals surface area contributed by atoms with E-state index in [0.717, 1.165) is 6.42 Å². The fourth-order valence-electron chi connectivity index (χ4n) is 2.31. The second kappa shape index (κ2) is 10.8. The first kappa shape index (κ1) is 24.1. The van der Waals surface area contributed by atoms with E-state index in [1.54, 1.807) is 12.1 Å². The average molecular weight is 480 g/mol. The van der Waals surface area contributed by atoms with Crippen molar-refractivity contribution in [3.8, 4) is 11.5 Å². The second-order valence-corrected chi connectivity index (χ2v) is 10.2. The fourth-order valence-corrected chi connectivity index (χ4v) is 4.43. The highest BCUT2D eigenvalue weighted by atomic mass is 35.5. The van der Waals surface area contributed by atoms with E-state index >= 15 is 0 Å². The highest BCUT2D eigenvalue weighted by molar-refractivity contribution is 7.91. The molecule has 4 nitrogen and oxygen atoms in total. The maximum absolute atomic E-state index is 13.0. The molecule has 0 aromatic heterocycles. The molecular weight excluding hydrogens is 455 g/mol. The van der Waals surface area contributed by atoms with Crippen LogP contribution in [0.4, 0.5) is 0 Å². The smallest absolute Gasteiger partial charge is 0.206 e. The van der Waals surface area contributed by atoms with Crippen molar-refractivity contribution in [2.45, 2.75) is 37.0 Å². The van der Waals surface area contributed by atoms with Crippen molar-refractivity contribution >= 4 is 44.6 Å². The Morgan fingerprint density at radius 2 is 1.45 bits per heavy atom. The van der Waals surface area contributed by atoms with Gasteiger partial charge in [0.25, 0.3) is 0 Å². The third-order valence-electron chi connectivity index (χ3n) is 4.42. The number of benzene rings is 2. The molecule has 0 bridgehead atoms. The Morgan fingerprint density at radius 3 is 1.97 bits per heavy atom. The van der Waals surface area contributed by atoms with Gasteiger partial charge in [-0.3, -0.25) is 0 Å². The molecule has 0 amide bonds. The van der Waals surface area contributed by atoms with Crippen LogP contribution in [0.2, 0.25) is 10.0 Å². The zero-order valence-corrected chi connectivity index (χ0v) is 19.7. The summed E-state index contributed by atoms with van der Waals surface area (Å²) in [7, 11) is -3.79. The number of hydrogen-bond acceptors (Lipinski definition) is 4. The number of hydrogen-bond donors (Lipinski definition) is 0. The maximum atomic E-state index is 13.0. The third-order valence-corrected chi connectivity index (χ3v) is 7.26. The van der Waals surface area contributed by atoms with Gasteiger partial charge in [-0.2, -0.15) is 0 Å². The topological polar surface area (TPSA) is 52.6 Å². The van der Waals surface area contributed by atoms with Gasteiger partial charge in [0.15, 0.2) is 5.75 Å². The lowest BCUT2D eigenvalue weighted by molar-refractivity contribution is 0.256. The van der Waals surface area contributed by atoms with E-state index in [1.165, 1.54) is 24.3 Å². The largest absolute Gasteiger partial charge is 0.493 e. The third kappa shape index (κ3) is 6.42. The molecule has 0 radical (unpaired) electrons. The van der Waals surface area contributed by atoms with Crippen LogP contribution in [-0.2, 0) is 9.84 Å². The number of halogens is 3. The Kier molecular flexibility index (Phi) is 8.95. The molecule has 2 aromatic rings. The maximum Gasteiger partial charge on any atom is 0.206 e. The van der Waals surface area contributed by atoms with Crippen LogP contribution in [0, 0.1) is 11.8 Å². The minimum absolute atomic E-state index is 0.00137. The number of ether oxygens (including phenoxy) is 2. The summed E-state index contributed by atoms with van der Waals surface area (Å²) in [6, 6.07) is 8.99. The molecule has 0 heterocycles. The van der Waals surface area contributed by atoms with E-state index in [1.807, 2.05) is 6.92 Å². The van der Waals surface area contributed by atoms with Crippen molar-refractivity contribution in [3.05, 3.63) is 46.4 Å². The highest BCUT2D eigenvalue weighted by Crippen LogP contribution is 2.37. The lowest BCUT2D eigenvalue weighted by atomic mass is 10.1. The normalized spacial score (nSPS) is 13.7. The molecule has 2 atom stereocenters. The summed E-state index contributed by atoms with van der Waals surface area (Å²) in [5.74, 6) is 1.83. The highest BCUT2D eigenvalue weighted by Gasteiger charge is 2.22. The van der Waals surface area contributed by atoms with E-state index in [2.05, 4.69) is 13.8 Å². The standard InChI is InChI=1S/C21H25Cl3O4S/c1-4-14(2)12-27-16-5-7-17(8-6-16)29(25,26)18-9-19(23)21(20(24)10-18)28-13-15(3)11-22/h5-10,14-15H,4,11-13H2,1-3H3/t14-,15-/m1/s1. The Balaban J connectivity index is 2.22. The van der Waals surface area contributed by atoms with Gasteiger partial charge in [0.1, 0.15) is 5.75 Å². The molecule has 0 aliphatic heterocycles. The molecule has 0 aliphatic carbocycles. The van der Waals surface area contributed by atoms with Gasteiger partial charge < -0.3 is 9.47 Å². The second-order valence-electron chi connectivity index (χ2n) is 7.09. The van der Waals surface area contributed by atoms with Gasteiger partial charge in [-0.25, -0.2) is 8.42 Å². The van der Waals surface area contributed by atoms with Crippen LogP contribution in [0.5, 0.6) is 11.5 Å². The van der Waals surface area contributed by atoms with Crippen molar-refractivity contribution < 1.29 is 17.9 Å². The molecular formula is C21H25Cl3O4S. The van der Waals surface area contributed by atoms with Crippen LogP contribution in [-0.4, -0.2) is 27.5 Å². The molecule has 0 spiro atoms. The molecule has 29 heavy (non-hydrogen) atoms. The van der Waals surface area contributed by atoms with Gasteiger partial charge >= 0.3 is 0 Å². The summed E-state index contributed by atoms with van der Waals surface area (Å²) in [6.45, 7) is 7.01. The quantitative estimate of drug-likeness (QED) is 0.365. The van der Waals surface area contributed by atoms with Crippen LogP contribution in [0.15, 0.2) is 46.2 Å². The van der Waals surface area contributed by atoms with Gasteiger partial charge in [0.2, 0.25) is 9.84 Å². The van der Waals surface area contributed by atoms with Gasteiger partial charge in [-0.05, 0) is 42.3 Å². The number of rotatable bonds is 10. The fraction of sp³-hybridized carbons (Fsp3) is 0.429. The Bertz CT molecular complexity index is 891. The Hall–Kier alpha value is -1.14. The zero-order chi connectivity index (χ0) is 21.6. The van der Waals surface area contributed by atoms with Gasteiger partial charge in [0.05, 0.1) is 33.0 Å². The summed E-state index contributed by atoms with van der Waals surface area (Å²) in [4.78, 5) is 0.128. The van der Waals surface area contributed by atoms with E-state index in [4.69, 9.17) is 44.3 Å². The van der Waals surface area contributed by atoms with E-state index < -0.39 is 9.84 Å². The molecule has 0 N–H and O–H groups in total. The summed E-state index contributed by atoms with van der Waals surface area (Å²) < 4.78 is 37.2. The molecule has 0 saturated carbocycles. The summed E-state index contributed by atoms with van der Waals surface area (Å²) in [5, 5.41) is 0.262. The van der Waals surface area contributed by atoms with Crippen molar-refractivity contribution in [2.75, 3.05) is 19.1 Å². The predicted octanol–water partition coefficient (Wildman–Crippen LogP) is 6.50. The van der Waals surface area contributed by atoms with Gasteiger partial charge in [-0.1, -0.05) is 50.4 Å². The zero-order valence-electron chi connectivity index (χ0n) is 16.6. The average Bonchev–Trinajstić information content (AvgIpc) is 2.71. The summed E-state index contributed by atoms with van der Waals surface area (Å²) in [6.07, 6.45) is 1.01. The predicted molar refractivity (Wildman–Crippen MR) is 119 cm³/mol. The SMILES string of the molecule is CC[C@@H](C)COc1ccc(S(=O)(=O)c2cc(Cl)c(OC[C@H](C)CCl)c(Cl)c2)cc1. The summed E-state index contributed by atoms with van der Waals surface area (Å²) in [5.41, 5.74) is 0. The molecule has 160 valence electrons. The van der Waals surface area contributed by atoms with Crippen molar-refractivity contribution in [1.82, 2.24) is 0 Å². The molecule has 0 saturated heterocycles. The van der Waals surface area contributed by atoms with Crippen LogP contribution >= 0.6 is 34.8 Å². The Morgan fingerprint density at radius 1 is 0.897 bits per heavy atom. The molecule has 0 unspecified atom stereocenters. The van der Waals surface area contributed by atoms with Crippen molar-refractivity contribution in [2.24, 2.45) is 11.8 Å². The minimum Gasteiger partial charge on any atom is -0.493 e. The van der Waals surface area contributed by atoms with Crippen LogP contribution < -0.4 is 9.47 Å². The molecule has 2 aromatic carbocycles.